The summed E-state index contributed by atoms with van der Waals surface area (Å²) in [7, 11) is 1.30. The van der Waals surface area contributed by atoms with E-state index in [0.717, 1.165) is 19.3 Å². The number of nitrogens with one attached hydrogen (secondary N) is 3. The highest BCUT2D eigenvalue weighted by atomic mass is 32.5. The molecule has 16 N–H and O–H groups in total. The molecule has 0 bridgehead atoms. The van der Waals surface area contributed by atoms with Crippen molar-refractivity contribution in [2.45, 2.75) is 236 Å². The summed E-state index contributed by atoms with van der Waals surface area (Å²) in [5, 5.41) is 101. The molecular formula is C69H135N3O34P4S4. The van der Waals surface area contributed by atoms with Crippen LogP contribution in [-0.2, 0) is 145 Å². The number of hydrogen-bond acceptors (Lipinski definition) is 34. The number of carbonyl (C=O) groups excluding carboxylic acids is 3. The molecule has 45 heteroatoms. The van der Waals surface area contributed by atoms with Crippen molar-refractivity contribution < 1.29 is 163 Å². The number of aliphatic hydroxyl groups excluding tert-OH is 9. The van der Waals surface area contributed by atoms with Crippen LogP contribution in [0.3, 0.4) is 0 Å². The van der Waals surface area contributed by atoms with Gasteiger partial charge in [0.05, 0.1) is 104 Å². The molecule has 0 aliphatic carbocycles. The van der Waals surface area contributed by atoms with E-state index in [1.807, 2.05) is 0 Å². The largest absolute Gasteiger partial charge is 0.396 e. The Labute approximate surface area is 692 Å². The van der Waals surface area contributed by atoms with Gasteiger partial charge in [-0.25, -0.2) is 0 Å². The molecule has 3 amide bonds. The minimum atomic E-state index is -3.66. The Kier molecular flexibility index (Phi) is 58.7. The van der Waals surface area contributed by atoms with Gasteiger partial charge in [0.15, 0.2) is 18.9 Å². The molecule has 0 radical (unpaired) electrons. The summed E-state index contributed by atoms with van der Waals surface area (Å²) in [4.78, 5) is 78.4. The fourth-order valence-electron chi connectivity index (χ4n) is 12.0. The van der Waals surface area contributed by atoms with E-state index in [9.17, 15) is 79.9 Å². The molecule has 3 aliphatic heterocycles. The first-order chi connectivity index (χ1) is 54.3. The molecule has 20 atom stereocenters. The van der Waals surface area contributed by atoms with Gasteiger partial charge in [0, 0.05) is 124 Å². The van der Waals surface area contributed by atoms with Crippen LogP contribution in [0.2, 0.25) is 0 Å². The van der Waals surface area contributed by atoms with E-state index in [1.165, 1.54) is 27.9 Å². The highest BCUT2D eigenvalue weighted by Gasteiger charge is 2.42. The van der Waals surface area contributed by atoms with Crippen molar-refractivity contribution in [1.82, 2.24) is 16.0 Å². The summed E-state index contributed by atoms with van der Waals surface area (Å²) in [6.07, 6.45) is -0.483. The van der Waals surface area contributed by atoms with Crippen LogP contribution < -0.4 is 16.0 Å². The molecule has 3 heterocycles. The lowest BCUT2D eigenvalue weighted by Crippen LogP contribution is -2.58. The third-order valence-corrected chi connectivity index (χ3v) is 25.2. The zero-order valence-electron chi connectivity index (χ0n) is 66.5. The second-order valence-electron chi connectivity index (χ2n) is 28.7. The van der Waals surface area contributed by atoms with Crippen molar-refractivity contribution in [3.8, 4) is 0 Å². The van der Waals surface area contributed by atoms with Gasteiger partial charge in [-0.05, 0) is 176 Å². The molecule has 0 aromatic heterocycles. The Morgan fingerprint density at radius 2 is 0.605 bits per heavy atom. The maximum atomic E-state index is 12.0. The molecule has 0 aromatic carbocycles. The summed E-state index contributed by atoms with van der Waals surface area (Å²) in [6, 6.07) is -3.17. The predicted octanol–water partition coefficient (Wildman–Crippen LogP) is 2.87. The van der Waals surface area contributed by atoms with Crippen LogP contribution in [0, 0.1) is 23.2 Å². The predicted molar refractivity (Wildman–Crippen MR) is 430 cm³/mol. The minimum Gasteiger partial charge on any atom is -0.396 e. The molecule has 114 heavy (non-hydrogen) atoms. The first kappa shape index (κ1) is 108. The summed E-state index contributed by atoms with van der Waals surface area (Å²) in [5.41, 5.74) is -0.759. The summed E-state index contributed by atoms with van der Waals surface area (Å²) < 4.78 is 104. The molecule has 674 valence electrons. The molecule has 11 unspecified atom stereocenters. The minimum absolute atomic E-state index is 0.0104. The number of unbranched alkanes of at least 4 members (excludes halogenated alkanes) is 11. The quantitative estimate of drug-likeness (QED) is 0.0307. The lowest BCUT2D eigenvalue weighted by Gasteiger charge is -2.37. The van der Waals surface area contributed by atoms with E-state index in [1.54, 1.807) is 0 Å². The van der Waals surface area contributed by atoms with Gasteiger partial charge >= 0.3 is 26.9 Å². The van der Waals surface area contributed by atoms with E-state index in [4.69, 9.17) is 131 Å². The van der Waals surface area contributed by atoms with E-state index >= 15 is 0 Å². The van der Waals surface area contributed by atoms with Crippen molar-refractivity contribution in [3.63, 3.8) is 0 Å². The van der Waals surface area contributed by atoms with Crippen molar-refractivity contribution in [2.75, 3.05) is 166 Å². The first-order valence-electron chi connectivity index (χ1n) is 39.4. The number of ether oxygens (including phenoxy) is 10. The maximum absolute atomic E-state index is 12.0. The van der Waals surface area contributed by atoms with Crippen LogP contribution in [0.5, 0.6) is 0 Å². The Morgan fingerprint density at radius 3 is 0.912 bits per heavy atom. The van der Waals surface area contributed by atoms with Gasteiger partial charge in [-0.3, -0.25) is 14.4 Å². The summed E-state index contributed by atoms with van der Waals surface area (Å²) in [6.45, 7) is -7.82. The normalized spacial score (nSPS) is 27.4. The van der Waals surface area contributed by atoms with Crippen LogP contribution in [0.15, 0.2) is 0 Å². The Bertz CT molecular complexity index is 2750. The summed E-state index contributed by atoms with van der Waals surface area (Å²) in [5.74, 6) is -2.70. The zero-order valence-corrected chi connectivity index (χ0v) is 73.3. The molecule has 3 rings (SSSR count). The topological polar surface area (TPSA) is 516 Å². The number of amides is 3. The van der Waals surface area contributed by atoms with Crippen LogP contribution in [-0.4, -0.2) is 323 Å². The van der Waals surface area contributed by atoms with Gasteiger partial charge in [0.25, 0.3) is 0 Å². The molecule has 0 saturated carbocycles. The number of carbonyl (C=O) groups is 3. The van der Waals surface area contributed by atoms with Gasteiger partial charge < -0.3 is 165 Å². The van der Waals surface area contributed by atoms with Crippen molar-refractivity contribution in [1.29, 1.82) is 0 Å². The Balaban J connectivity index is 1.58. The first-order valence-corrected chi connectivity index (χ1v) is 49.8. The average molecular weight is 1800 g/mol. The van der Waals surface area contributed by atoms with E-state index < -0.39 is 141 Å². The highest BCUT2D eigenvalue weighted by molar-refractivity contribution is 8.08. The number of rotatable bonds is 65. The van der Waals surface area contributed by atoms with Gasteiger partial charge in [-0.2, -0.15) is 0 Å². The highest BCUT2D eigenvalue weighted by Crippen LogP contribution is 2.46. The van der Waals surface area contributed by atoms with Gasteiger partial charge in [0.2, 0.25) is 17.7 Å². The van der Waals surface area contributed by atoms with E-state index in [-0.39, 0.29) is 158 Å². The molecule has 0 spiro atoms. The second kappa shape index (κ2) is 62.0. The number of aliphatic hydroxyl groups is 9. The third-order valence-electron chi connectivity index (χ3n) is 18.5. The lowest BCUT2D eigenvalue weighted by atomic mass is 9.87. The Hall–Kier alpha value is -0.230. The molecule has 3 fully saturated rings. The third kappa shape index (κ3) is 49.3. The monoisotopic (exact) mass is 1800 g/mol. The fourth-order valence-corrected chi connectivity index (χ4v) is 16.5. The standard InChI is InChI=1S/C69H135N3O34P4S4/c1-51(76)70-60-63(82)57(79)39-54(42-73)45-97-66(60)94-28-12-8-16-33-102-108(86,112)101-32-15-7-11-25-91-48-69(23-38-90-24-10-5-6-14-31-100-107(85,111)89-4,49-92-26-18-20-35-104-109(87,113)105-36-21-19-30-96-68-62(72-53(3)78)65(84)59(81)41-56(44-75)47-99-68)50-93-27-22-37-106-110(88,114)103-34-17-9-13-29-95-67-61(71-52(2)77)64(83)58(80)40-55(43-74)46-98-67/h54-68,73-75,79-84H,5-50H2,1-4H3,(H,70,76)(H,71,77)(H,72,78)(H,85,111)(H,86,112)(H,87,113)(H,88,114)/t54?,55?,56?,57-,58-,59-,60?,61?,62?,63-,64-,65-,66+,67+,68+,69?,107?,108?,109?,110?/m0/s1. The average Bonchev–Trinajstić information content (AvgIpc) is 0.847. The maximum Gasteiger partial charge on any atom is 0.324 e. The molecule has 0 aromatic rings. The van der Waals surface area contributed by atoms with Gasteiger partial charge in [-0.15, -0.1) is 0 Å². The van der Waals surface area contributed by atoms with Crippen LogP contribution >= 0.6 is 26.9 Å². The van der Waals surface area contributed by atoms with Crippen LogP contribution in [0.25, 0.3) is 0 Å². The van der Waals surface area contributed by atoms with Crippen molar-refractivity contribution >= 4 is 91.8 Å². The second-order valence-corrected chi connectivity index (χ2v) is 40.2. The van der Waals surface area contributed by atoms with Crippen LogP contribution in [0.1, 0.15) is 162 Å². The molecule has 37 nitrogen and oxygen atoms in total. The molecule has 3 aliphatic rings. The van der Waals surface area contributed by atoms with Crippen molar-refractivity contribution in [2.24, 2.45) is 23.2 Å². The zero-order chi connectivity index (χ0) is 84.3. The van der Waals surface area contributed by atoms with E-state index in [0.29, 0.717) is 123 Å². The van der Waals surface area contributed by atoms with Crippen LogP contribution in [0.4, 0.5) is 0 Å². The SMILES string of the molecule is COP(O)(=S)OCCCCCCOCCC(COCCCCCOP(O)(=S)OCCCCCO[C@@H]1OCC(CO)C[C@H](O)[C@H](O)C1NC(C)=O)(COCCCCOP(O)(=S)OCCCCO[C@@H]1OCC(CO)C[C@H](O)[C@H](O)C1NC(C)=O)COCCCOP(O)(=S)OCCCCCO[C@@H]1OCC(CO)C[C@H](O)[C@H](O)C1NC(C)=O. The smallest absolute Gasteiger partial charge is 0.324 e. The molecule has 3 saturated heterocycles. The lowest BCUT2D eigenvalue weighted by molar-refractivity contribution is -0.206. The van der Waals surface area contributed by atoms with Crippen molar-refractivity contribution in [3.05, 3.63) is 0 Å². The Morgan fingerprint density at radius 1 is 0.360 bits per heavy atom. The van der Waals surface area contributed by atoms with E-state index in [2.05, 4.69) is 16.0 Å². The summed E-state index contributed by atoms with van der Waals surface area (Å²) >= 11 is 20.8. The number of hydrogen-bond donors (Lipinski definition) is 16. The van der Waals surface area contributed by atoms with Gasteiger partial charge in [-0.1, -0.05) is 12.8 Å². The van der Waals surface area contributed by atoms with Gasteiger partial charge in [0.1, 0.15) is 36.4 Å². The molecular weight excluding hydrogens is 1670 g/mol. The fraction of sp³-hybridized carbons (Fsp3) is 0.957.